The number of hydrogen-bond donors (Lipinski definition) is 1. The van der Waals surface area contributed by atoms with Crippen molar-refractivity contribution in [2.75, 3.05) is 11.5 Å². The highest BCUT2D eigenvalue weighted by Gasteiger charge is 2.47. The summed E-state index contributed by atoms with van der Waals surface area (Å²) in [4.78, 5) is 28.3. The number of benzene rings is 3. The van der Waals surface area contributed by atoms with Gasteiger partial charge in [-0.3, -0.25) is 14.5 Å². The van der Waals surface area contributed by atoms with Crippen molar-refractivity contribution in [2.45, 2.75) is 52.7 Å². The van der Waals surface area contributed by atoms with Crippen LogP contribution in [-0.2, 0) is 9.59 Å². The zero-order chi connectivity index (χ0) is 26.7. The van der Waals surface area contributed by atoms with Crippen LogP contribution in [0.5, 0.6) is 11.5 Å². The first kappa shape index (κ1) is 26.0. The maximum absolute atomic E-state index is 13.4. The summed E-state index contributed by atoms with van der Waals surface area (Å²) >= 11 is 0. The van der Waals surface area contributed by atoms with Gasteiger partial charge in [0.05, 0.1) is 24.3 Å². The average Bonchev–Trinajstić information content (AvgIpc) is 3.14. The highest BCUT2D eigenvalue weighted by Crippen LogP contribution is 2.43. The monoisotopic (exact) mass is 499 g/mol. The molecule has 1 fully saturated rings. The number of rotatable bonds is 8. The molecule has 4 rings (SSSR count). The van der Waals surface area contributed by atoms with Gasteiger partial charge in [-0.2, -0.15) is 0 Å². The van der Waals surface area contributed by atoms with Gasteiger partial charge in [-0.1, -0.05) is 38.1 Å². The standard InChI is InChI=1S/C31H33NO5/c1-6-36-26-9-7-8-23(18-26)28-27(29(33)22-12-16-25(17-13-22)37-20(4)5)30(34)31(35)32(28)24-14-10-21(11-15-24)19(2)3/h7-20,28,33H,6H2,1-5H3/b29-27-. The molecule has 1 aliphatic heterocycles. The number of aliphatic hydroxyl groups excluding tert-OH is 1. The lowest BCUT2D eigenvalue weighted by molar-refractivity contribution is -0.132. The van der Waals surface area contributed by atoms with Crippen molar-refractivity contribution in [2.24, 2.45) is 0 Å². The first-order chi connectivity index (χ1) is 17.7. The van der Waals surface area contributed by atoms with E-state index in [0.29, 0.717) is 40.8 Å². The Morgan fingerprint density at radius 2 is 1.59 bits per heavy atom. The van der Waals surface area contributed by atoms with Crippen LogP contribution in [0.15, 0.2) is 78.4 Å². The Hall–Kier alpha value is -4.06. The molecule has 37 heavy (non-hydrogen) atoms. The van der Waals surface area contributed by atoms with E-state index >= 15 is 0 Å². The molecule has 1 N–H and O–H groups in total. The van der Waals surface area contributed by atoms with Crippen molar-refractivity contribution in [3.8, 4) is 11.5 Å². The second-order valence-corrected chi connectivity index (χ2v) is 9.61. The van der Waals surface area contributed by atoms with Crippen molar-refractivity contribution >= 4 is 23.1 Å². The Labute approximate surface area is 218 Å². The summed E-state index contributed by atoms with van der Waals surface area (Å²) in [5.74, 6) is -0.0624. The van der Waals surface area contributed by atoms with Crippen LogP contribution >= 0.6 is 0 Å². The second-order valence-electron chi connectivity index (χ2n) is 9.61. The third-order valence-electron chi connectivity index (χ3n) is 6.27. The molecule has 0 saturated carbocycles. The molecule has 1 saturated heterocycles. The number of hydrogen-bond acceptors (Lipinski definition) is 5. The summed E-state index contributed by atoms with van der Waals surface area (Å²) in [7, 11) is 0. The molecule has 192 valence electrons. The minimum atomic E-state index is -0.822. The Balaban J connectivity index is 1.86. The third-order valence-corrected chi connectivity index (χ3v) is 6.27. The van der Waals surface area contributed by atoms with Crippen LogP contribution in [0.4, 0.5) is 5.69 Å². The van der Waals surface area contributed by atoms with Gasteiger partial charge < -0.3 is 14.6 Å². The van der Waals surface area contributed by atoms with Gasteiger partial charge in [0, 0.05) is 11.3 Å². The topological polar surface area (TPSA) is 76.1 Å². The highest BCUT2D eigenvalue weighted by atomic mass is 16.5. The zero-order valence-corrected chi connectivity index (χ0v) is 21.9. The number of carbonyl (C=O) groups is 2. The van der Waals surface area contributed by atoms with E-state index in [1.54, 1.807) is 24.3 Å². The van der Waals surface area contributed by atoms with Gasteiger partial charge in [-0.05, 0) is 86.3 Å². The second kappa shape index (κ2) is 10.9. The van der Waals surface area contributed by atoms with Gasteiger partial charge in [-0.25, -0.2) is 0 Å². The largest absolute Gasteiger partial charge is 0.507 e. The summed E-state index contributed by atoms with van der Waals surface area (Å²) in [5, 5.41) is 11.4. The minimum absolute atomic E-state index is 0.00414. The SMILES string of the molecule is CCOc1cccc(C2/C(=C(/O)c3ccc(OC(C)C)cc3)C(=O)C(=O)N2c2ccc(C(C)C)cc2)c1. The molecule has 0 radical (unpaired) electrons. The molecule has 0 bridgehead atoms. The fourth-order valence-electron chi connectivity index (χ4n) is 4.49. The Bertz CT molecular complexity index is 1310. The van der Waals surface area contributed by atoms with E-state index in [2.05, 4.69) is 13.8 Å². The number of ketones is 1. The number of nitrogens with zero attached hydrogens (tertiary/aromatic N) is 1. The van der Waals surface area contributed by atoms with Gasteiger partial charge in [0.1, 0.15) is 17.3 Å². The van der Waals surface area contributed by atoms with Gasteiger partial charge in [-0.15, -0.1) is 0 Å². The van der Waals surface area contributed by atoms with E-state index in [1.807, 2.05) is 69.3 Å². The van der Waals surface area contributed by atoms with Crippen LogP contribution in [0.2, 0.25) is 0 Å². The lowest BCUT2D eigenvalue weighted by atomic mass is 9.94. The van der Waals surface area contributed by atoms with Crippen molar-refractivity contribution < 1.29 is 24.2 Å². The van der Waals surface area contributed by atoms with E-state index in [-0.39, 0.29) is 17.4 Å². The molecule has 1 aliphatic rings. The summed E-state index contributed by atoms with van der Waals surface area (Å²) in [6, 6.07) is 20.9. The number of Topliss-reactive ketones (excluding diaryl/α,β-unsaturated/α-hetero) is 1. The van der Waals surface area contributed by atoms with Gasteiger partial charge >= 0.3 is 0 Å². The smallest absolute Gasteiger partial charge is 0.300 e. The predicted octanol–water partition coefficient (Wildman–Crippen LogP) is 6.62. The predicted molar refractivity (Wildman–Crippen MR) is 145 cm³/mol. The highest BCUT2D eigenvalue weighted by molar-refractivity contribution is 6.51. The first-order valence-electron chi connectivity index (χ1n) is 12.6. The van der Waals surface area contributed by atoms with E-state index in [9.17, 15) is 14.7 Å². The number of ether oxygens (including phenoxy) is 2. The average molecular weight is 500 g/mol. The summed E-state index contributed by atoms with van der Waals surface area (Å²) < 4.78 is 11.4. The van der Waals surface area contributed by atoms with Crippen molar-refractivity contribution in [3.63, 3.8) is 0 Å². The van der Waals surface area contributed by atoms with Gasteiger partial charge in [0.25, 0.3) is 11.7 Å². The first-order valence-corrected chi connectivity index (χ1v) is 12.6. The van der Waals surface area contributed by atoms with E-state index in [1.165, 1.54) is 4.90 Å². The maximum atomic E-state index is 13.4. The maximum Gasteiger partial charge on any atom is 0.300 e. The van der Waals surface area contributed by atoms with Crippen LogP contribution < -0.4 is 14.4 Å². The summed E-state index contributed by atoms with van der Waals surface area (Å²) in [6.07, 6.45) is 0.00414. The van der Waals surface area contributed by atoms with E-state index in [4.69, 9.17) is 9.47 Å². The molecular weight excluding hydrogens is 466 g/mol. The number of anilines is 1. The molecule has 6 nitrogen and oxygen atoms in total. The molecule has 3 aromatic carbocycles. The Morgan fingerprint density at radius 3 is 2.19 bits per heavy atom. The van der Waals surface area contributed by atoms with Gasteiger partial charge in [0.2, 0.25) is 0 Å². The van der Waals surface area contributed by atoms with Crippen LogP contribution in [0.25, 0.3) is 5.76 Å². The van der Waals surface area contributed by atoms with Crippen LogP contribution in [0, 0.1) is 0 Å². The number of aliphatic hydroxyl groups is 1. The normalized spacial score (nSPS) is 17.1. The Kier molecular flexibility index (Phi) is 7.67. The summed E-state index contributed by atoms with van der Waals surface area (Å²) in [6.45, 7) is 10.4. The molecule has 1 amide bonds. The van der Waals surface area contributed by atoms with Crippen LogP contribution in [0.3, 0.4) is 0 Å². The number of carbonyl (C=O) groups excluding carboxylic acids is 2. The molecule has 0 spiro atoms. The van der Waals surface area contributed by atoms with Crippen molar-refractivity contribution in [1.82, 2.24) is 0 Å². The molecule has 0 aromatic heterocycles. The number of amides is 1. The molecule has 3 aromatic rings. The van der Waals surface area contributed by atoms with Gasteiger partial charge in [0.15, 0.2) is 0 Å². The lowest BCUT2D eigenvalue weighted by Crippen LogP contribution is -2.29. The molecule has 1 unspecified atom stereocenters. The molecule has 1 heterocycles. The third kappa shape index (κ3) is 5.38. The fraction of sp³-hybridized carbons (Fsp3) is 0.290. The molecule has 0 aliphatic carbocycles. The fourth-order valence-corrected chi connectivity index (χ4v) is 4.49. The summed E-state index contributed by atoms with van der Waals surface area (Å²) in [5.41, 5.74) is 2.83. The van der Waals surface area contributed by atoms with Crippen molar-refractivity contribution in [1.29, 1.82) is 0 Å². The lowest BCUT2D eigenvalue weighted by Gasteiger charge is -2.26. The van der Waals surface area contributed by atoms with Crippen molar-refractivity contribution in [3.05, 3.63) is 95.1 Å². The molecular formula is C31H33NO5. The van der Waals surface area contributed by atoms with E-state index in [0.717, 1.165) is 5.56 Å². The van der Waals surface area contributed by atoms with Crippen LogP contribution in [-0.4, -0.2) is 29.5 Å². The minimum Gasteiger partial charge on any atom is -0.507 e. The molecule has 6 heteroatoms. The van der Waals surface area contributed by atoms with Crippen LogP contribution in [0.1, 0.15) is 63.3 Å². The quantitative estimate of drug-likeness (QED) is 0.214. The van der Waals surface area contributed by atoms with E-state index < -0.39 is 17.7 Å². The molecule has 1 atom stereocenters. The zero-order valence-electron chi connectivity index (χ0n) is 21.9. The Morgan fingerprint density at radius 1 is 0.919 bits per heavy atom.